The Morgan fingerprint density at radius 2 is 1.40 bits per heavy atom. The number of anilines is 2. The number of para-hydroxylation sites is 2. The number of aryl methyl sites for hydroxylation is 1. The molecule has 130 valence electrons. The molecule has 1 aliphatic rings. The molecule has 0 saturated heterocycles. The number of carbonyl (C=O) groups excluding carboxylic acids is 2. The van der Waals surface area contributed by atoms with E-state index < -0.39 is 0 Å². The number of carbonyl (C=O) groups is 2. The van der Waals surface area contributed by atoms with Crippen LogP contribution >= 0.6 is 0 Å². The molecule has 2 N–H and O–H groups in total. The van der Waals surface area contributed by atoms with Crippen LogP contribution in [0.25, 0.3) is 0 Å². The van der Waals surface area contributed by atoms with Gasteiger partial charge in [0.2, 0.25) is 11.8 Å². The van der Waals surface area contributed by atoms with Crippen molar-refractivity contribution < 1.29 is 9.59 Å². The summed E-state index contributed by atoms with van der Waals surface area (Å²) in [4.78, 5) is 24.9. The molecule has 0 aromatic heterocycles. The summed E-state index contributed by atoms with van der Waals surface area (Å²) >= 11 is 0. The fourth-order valence-corrected chi connectivity index (χ4v) is 3.05. The van der Waals surface area contributed by atoms with Crippen molar-refractivity contribution in [1.29, 1.82) is 0 Å². The first-order valence-corrected chi connectivity index (χ1v) is 8.73. The van der Waals surface area contributed by atoms with Gasteiger partial charge in [-0.05, 0) is 42.5 Å². The van der Waals surface area contributed by atoms with Crippen LogP contribution < -0.4 is 10.6 Å². The molecule has 4 heteroatoms. The molecule has 1 fully saturated rings. The minimum absolute atomic E-state index is 0.0713. The quantitative estimate of drug-likeness (QED) is 0.854. The molecule has 25 heavy (non-hydrogen) atoms. The number of hydrogen-bond acceptors (Lipinski definition) is 2. The van der Waals surface area contributed by atoms with E-state index in [1.54, 1.807) is 0 Å². The second-order valence-electron chi connectivity index (χ2n) is 6.98. The fraction of sp³-hybridized carbons (Fsp3) is 0.333. The van der Waals surface area contributed by atoms with Crippen LogP contribution in [0.15, 0.2) is 48.5 Å². The Bertz CT molecular complexity index is 798. The summed E-state index contributed by atoms with van der Waals surface area (Å²) in [5.74, 6) is -0.310. The molecule has 0 aliphatic heterocycles. The molecule has 1 aliphatic carbocycles. The summed E-state index contributed by atoms with van der Waals surface area (Å²) in [5.41, 5.74) is 3.77. The molecule has 3 rings (SSSR count). The van der Waals surface area contributed by atoms with Crippen molar-refractivity contribution >= 4 is 23.2 Å². The smallest absolute Gasteiger partial charge is 0.228 e. The van der Waals surface area contributed by atoms with Gasteiger partial charge in [-0.2, -0.15) is 0 Å². The average Bonchev–Trinajstić information content (AvgIpc) is 3.38. The summed E-state index contributed by atoms with van der Waals surface area (Å²) in [6, 6.07) is 15.5. The van der Waals surface area contributed by atoms with Crippen LogP contribution in [0.1, 0.15) is 37.3 Å². The average molecular weight is 336 g/mol. The maximum Gasteiger partial charge on any atom is 0.228 e. The third-order valence-electron chi connectivity index (χ3n) is 4.71. The maximum absolute atomic E-state index is 12.5. The molecular weight excluding hydrogens is 312 g/mol. The van der Waals surface area contributed by atoms with Crippen LogP contribution in [0.4, 0.5) is 11.4 Å². The highest BCUT2D eigenvalue weighted by atomic mass is 16.2. The molecular formula is C21H24N2O2. The highest BCUT2D eigenvalue weighted by Crippen LogP contribution is 2.40. The lowest BCUT2D eigenvalue weighted by Gasteiger charge is -2.13. The van der Waals surface area contributed by atoms with Gasteiger partial charge in [0.05, 0.1) is 11.8 Å². The van der Waals surface area contributed by atoms with Crippen LogP contribution in [-0.2, 0) is 9.59 Å². The fourth-order valence-electron chi connectivity index (χ4n) is 3.05. The Morgan fingerprint density at radius 1 is 0.880 bits per heavy atom. The maximum atomic E-state index is 12.5. The molecule has 2 atom stereocenters. The van der Waals surface area contributed by atoms with Crippen LogP contribution in [0.3, 0.4) is 0 Å². The standard InChI is InChI=1S/C21H24N2O2/c1-13(2)15-9-5-7-11-19(15)23-21(25)17-12-16(17)20(24)22-18-10-6-4-8-14(18)3/h4-11,13,16-17H,12H2,1-3H3,(H,22,24)(H,23,25). The van der Waals surface area contributed by atoms with Gasteiger partial charge in [-0.15, -0.1) is 0 Å². The van der Waals surface area contributed by atoms with Gasteiger partial charge < -0.3 is 10.6 Å². The SMILES string of the molecule is Cc1ccccc1NC(=O)C1CC1C(=O)Nc1ccccc1C(C)C. The number of benzene rings is 2. The minimum Gasteiger partial charge on any atom is -0.326 e. The predicted octanol–water partition coefficient (Wildman–Crippen LogP) is 4.33. The van der Waals surface area contributed by atoms with Crippen molar-refractivity contribution in [3.8, 4) is 0 Å². The first-order chi connectivity index (χ1) is 12.0. The zero-order chi connectivity index (χ0) is 18.0. The molecule has 0 radical (unpaired) electrons. The van der Waals surface area contributed by atoms with Gasteiger partial charge in [-0.1, -0.05) is 50.2 Å². The van der Waals surface area contributed by atoms with Crippen molar-refractivity contribution in [2.45, 2.75) is 33.1 Å². The zero-order valence-corrected chi connectivity index (χ0v) is 14.9. The van der Waals surface area contributed by atoms with Crippen LogP contribution in [-0.4, -0.2) is 11.8 Å². The Hall–Kier alpha value is -2.62. The Kier molecular flexibility index (Phi) is 4.88. The normalized spacial score (nSPS) is 18.7. The Balaban J connectivity index is 1.61. The monoisotopic (exact) mass is 336 g/mol. The van der Waals surface area contributed by atoms with Crippen LogP contribution in [0.2, 0.25) is 0 Å². The van der Waals surface area contributed by atoms with Crippen LogP contribution in [0.5, 0.6) is 0 Å². The lowest BCUT2D eigenvalue weighted by molar-refractivity contribution is -0.122. The Labute approximate surface area is 148 Å². The van der Waals surface area contributed by atoms with Crippen molar-refractivity contribution in [2.24, 2.45) is 11.8 Å². The summed E-state index contributed by atoms with van der Waals surface area (Å²) in [5, 5.41) is 5.93. The number of nitrogens with one attached hydrogen (secondary N) is 2. The molecule has 4 nitrogen and oxygen atoms in total. The van der Waals surface area contributed by atoms with E-state index >= 15 is 0 Å². The van der Waals surface area contributed by atoms with Gasteiger partial charge >= 0.3 is 0 Å². The molecule has 0 spiro atoms. The summed E-state index contributed by atoms with van der Waals surface area (Å²) < 4.78 is 0. The third-order valence-corrected chi connectivity index (χ3v) is 4.71. The molecule has 1 saturated carbocycles. The van der Waals surface area contributed by atoms with E-state index in [0.717, 1.165) is 22.5 Å². The molecule has 0 heterocycles. The van der Waals surface area contributed by atoms with E-state index in [9.17, 15) is 9.59 Å². The van der Waals surface area contributed by atoms with Gasteiger partial charge in [0, 0.05) is 11.4 Å². The lowest BCUT2D eigenvalue weighted by Crippen LogP contribution is -2.21. The van der Waals surface area contributed by atoms with E-state index in [1.807, 2.05) is 55.5 Å². The third kappa shape index (κ3) is 3.90. The minimum atomic E-state index is -0.246. The second-order valence-corrected chi connectivity index (χ2v) is 6.98. The molecule has 0 bridgehead atoms. The van der Waals surface area contributed by atoms with Crippen molar-refractivity contribution in [1.82, 2.24) is 0 Å². The summed E-state index contributed by atoms with van der Waals surface area (Å²) in [6.45, 7) is 6.15. The molecule has 2 aromatic carbocycles. The van der Waals surface area contributed by atoms with Gasteiger partial charge in [0.1, 0.15) is 0 Å². The Morgan fingerprint density at radius 3 is 2.00 bits per heavy atom. The van der Waals surface area contributed by atoms with Gasteiger partial charge in [-0.3, -0.25) is 9.59 Å². The first kappa shape index (κ1) is 17.2. The highest BCUT2D eigenvalue weighted by molar-refractivity contribution is 6.03. The van der Waals surface area contributed by atoms with Crippen molar-refractivity contribution in [3.63, 3.8) is 0 Å². The topological polar surface area (TPSA) is 58.2 Å². The number of hydrogen-bond donors (Lipinski definition) is 2. The summed E-state index contributed by atoms with van der Waals surface area (Å²) in [6.07, 6.45) is 0.605. The van der Waals surface area contributed by atoms with Gasteiger partial charge in [0.15, 0.2) is 0 Å². The first-order valence-electron chi connectivity index (χ1n) is 8.73. The van der Waals surface area contributed by atoms with Crippen molar-refractivity contribution in [3.05, 3.63) is 59.7 Å². The van der Waals surface area contributed by atoms with E-state index in [-0.39, 0.29) is 23.7 Å². The van der Waals surface area contributed by atoms with E-state index in [4.69, 9.17) is 0 Å². The second kappa shape index (κ2) is 7.09. The van der Waals surface area contributed by atoms with E-state index in [1.165, 1.54) is 0 Å². The highest BCUT2D eigenvalue weighted by Gasteiger charge is 2.48. The summed E-state index contributed by atoms with van der Waals surface area (Å²) in [7, 11) is 0. The molecule has 2 aromatic rings. The van der Waals surface area contributed by atoms with E-state index in [2.05, 4.69) is 24.5 Å². The lowest BCUT2D eigenvalue weighted by atomic mass is 10.0. The van der Waals surface area contributed by atoms with E-state index in [0.29, 0.717) is 12.3 Å². The van der Waals surface area contributed by atoms with Gasteiger partial charge in [0.25, 0.3) is 0 Å². The predicted molar refractivity (Wildman–Crippen MR) is 101 cm³/mol. The van der Waals surface area contributed by atoms with Crippen molar-refractivity contribution in [2.75, 3.05) is 10.6 Å². The number of rotatable bonds is 5. The number of amides is 2. The van der Waals surface area contributed by atoms with Crippen LogP contribution in [0, 0.1) is 18.8 Å². The molecule has 2 unspecified atom stereocenters. The zero-order valence-electron chi connectivity index (χ0n) is 14.9. The largest absolute Gasteiger partial charge is 0.326 e. The van der Waals surface area contributed by atoms with Gasteiger partial charge in [-0.25, -0.2) is 0 Å². The molecule has 2 amide bonds.